The number of amides is 1. The lowest BCUT2D eigenvalue weighted by molar-refractivity contribution is 0.0982. The summed E-state index contributed by atoms with van der Waals surface area (Å²) in [5, 5.41) is 11.2. The van der Waals surface area contributed by atoms with Crippen LogP contribution in [-0.4, -0.2) is 35.0 Å². The van der Waals surface area contributed by atoms with Crippen molar-refractivity contribution in [2.75, 3.05) is 13.1 Å². The van der Waals surface area contributed by atoms with Gasteiger partial charge in [0, 0.05) is 19.5 Å². The van der Waals surface area contributed by atoms with Crippen LogP contribution in [-0.2, 0) is 6.42 Å². The Labute approximate surface area is 140 Å². The SMILES string of the molecule is O=C(CCCCN(CCc1ccccc1)C(=O)O)c1cccs1. The number of nitrogens with zero attached hydrogens (tertiary/aromatic N) is 1. The van der Waals surface area contributed by atoms with Crippen LogP contribution in [0, 0.1) is 0 Å². The number of Topliss-reactive ketones (excluding diaryl/α,β-unsaturated/α-hetero) is 1. The smallest absolute Gasteiger partial charge is 0.407 e. The first kappa shape index (κ1) is 17.2. The Balaban J connectivity index is 1.70. The summed E-state index contributed by atoms with van der Waals surface area (Å²) in [4.78, 5) is 25.4. The summed E-state index contributed by atoms with van der Waals surface area (Å²) in [6.07, 6.45) is 1.71. The van der Waals surface area contributed by atoms with E-state index in [2.05, 4.69) is 0 Å². The molecule has 0 saturated carbocycles. The Bertz CT molecular complexity index is 610. The van der Waals surface area contributed by atoms with Crippen molar-refractivity contribution in [3.63, 3.8) is 0 Å². The third-order valence-electron chi connectivity index (χ3n) is 3.66. The third kappa shape index (κ3) is 5.87. The molecule has 1 N–H and O–H groups in total. The molecule has 0 spiro atoms. The zero-order valence-electron chi connectivity index (χ0n) is 13.0. The van der Waals surface area contributed by atoms with E-state index >= 15 is 0 Å². The van der Waals surface area contributed by atoms with Crippen LogP contribution in [0.2, 0.25) is 0 Å². The lowest BCUT2D eigenvalue weighted by Gasteiger charge is -2.19. The molecule has 1 heterocycles. The molecule has 0 aliphatic carbocycles. The fourth-order valence-corrected chi connectivity index (χ4v) is 3.05. The fourth-order valence-electron chi connectivity index (χ4n) is 2.36. The second kappa shape index (κ2) is 9.10. The molecule has 0 radical (unpaired) electrons. The number of carbonyl (C=O) groups excluding carboxylic acids is 1. The van der Waals surface area contributed by atoms with Crippen molar-refractivity contribution in [3.05, 3.63) is 58.3 Å². The number of carbonyl (C=O) groups is 2. The van der Waals surface area contributed by atoms with Gasteiger partial charge in [-0.3, -0.25) is 4.79 Å². The van der Waals surface area contributed by atoms with Gasteiger partial charge in [-0.2, -0.15) is 0 Å². The zero-order valence-corrected chi connectivity index (χ0v) is 13.8. The molecule has 1 aromatic carbocycles. The normalized spacial score (nSPS) is 10.4. The van der Waals surface area contributed by atoms with E-state index in [-0.39, 0.29) is 5.78 Å². The Morgan fingerprint density at radius 3 is 2.43 bits per heavy atom. The molecule has 23 heavy (non-hydrogen) atoms. The number of unbranched alkanes of at least 4 members (excludes halogenated alkanes) is 1. The van der Waals surface area contributed by atoms with E-state index in [9.17, 15) is 14.7 Å². The van der Waals surface area contributed by atoms with E-state index in [4.69, 9.17) is 0 Å². The number of benzene rings is 1. The minimum Gasteiger partial charge on any atom is -0.465 e. The molecule has 1 amide bonds. The van der Waals surface area contributed by atoms with Gasteiger partial charge in [0.1, 0.15) is 0 Å². The van der Waals surface area contributed by atoms with Gasteiger partial charge < -0.3 is 10.0 Å². The Morgan fingerprint density at radius 2 is 1.78 bits per heavy atom. The quantitative estimate of drug-likeness (QED) is 0.550. The zero-order chi connectivity index (χ0) is 16.5. The average molecular weight is 331 g/mol. The van der Waals surface area contributed by atoms with Crippen LogP contribution in [0.4, 0.5) is 4.79 Å². The van der Waals surface area contributed by atoms with Gasteiger partial charge in [0.2, 0.25) is 0 Å². The van der Waals surface area contributed by atoms with Crippen molar-refractivity contribution in [2.24, 2.45) is 0 Å². The van der Waals surface area contributed by atoms with Gasteiger partial charge in [0.25, 0.3) is 0 Å². The van der Waals surface area contributed by atoms with Gasteiger partial charge >= 0.3 is 6.09 Å². The predicted molar refractivity (Wildman–Crippen MR) is 92.2 cm³/mol. The number of rotatable bonds is 9. The summed E-state index contributed by atoms with van der Waals surface area (Å²) >= 11 is 1.45. The molecule has 1 aromatic heterocycles. The molecule has 5 heteroatoms. The van der Waals surface area contributed by atoms with Gasteiger partial charge in [-0.15, -0.1) is 11.3 Å². The van der Waals surface area contributed by atoms with E-state index in [0.717, 1.165) is 10.4 Å². The first-order valence-electron chi connectivity index (χ1n) is 7.75. The van der Waals surface area contributed by atoms with Gasteiger partial charge in [-0.1, -0.05) is 36.4 Å². The van der Waals surface area contributed by atoms with Crippen LogP contribution in [0.3, 0.4) is 0 Å². The summed E-state index contributed by atoms with van der Waals surface area (Å²) in [7, 11) is 0. The molecular formula is C18H21NO3S. The minimum absolute atomic E-state index is 0.145. The van der Waals surface area contributed by atoms with Crippen LogP contribution in [0.15, 0.2) is 47.8 Å². The maximum Gasteiger partial charge on any atom is 0.407 e. The van der Waals surface area contributed by atoms with Crippen LogP contribution in [0.5, 0.6) is 0 Å². The van der Waals surface area contributed by atoms with Crippen LogP contribution in [0.1, 0.15) is 34.5 Å². The molecule has 0 saturated heterocycles. The maximum atomic E-state index is 11.9. The molecule has 0 aliphatic rings. The van der Waals surface area contributed by atoms with Gasteiger partial charge in [-0.25, -0.2) is 4.79 Å². The van der Waals surface area contributed by atoms with E-state index in [1.54, 1.807) is 0 Å². The van der Waals surface area contributed by atoms with Gasteiger partial charge in [0.05, 0.1) is 4.88 Å². The van der Waals surface area contributed by atoms with Crippen molar-refractivity contribution < 1.29 is 14.7 Å². The maximum absolute atomic E-state index is 11.9. The Morgan fingerprint density at radius 1 is 1.00 bits per heavy atom. The molecule has 2 aromatic rings. The molecule has 0 fully saturated rings. The molecule has 2 rings (SSSR count). The van der Waals surface area contributed by atoms with Crippen molar-refractivity contribution in [2.45, 2.75) is 25.7 Å². The van der Waals surface area contributed by atoms with E-state index in [1.165, 1.54) is 16.2 Å². The monoisotopic (exact) mass is 331 g/mol. The summed E-state index contributed by atoms with van der Waals surface area (Å²) in [6.45, 7) is 0.956. The molecule has 0 unspecified atom stereocenters. The lowest BCUT2D eigenvalue weighted by atomic mass is 10.1. The first-order chi connectivity index (χ1) is 11.2. The molecular weight excluding hydrogens is 310 g/mol. The van der Waals surface area contributed by atoms with Crippen LogP contribution < -0.4 is 0 Å². The number of carboxylic acid groups (broad SMARTS) is 1. The Kier molecular flexibility index (Phi) is 6.81. The van der Waals surface area contributed by atoms with Crippen LogP contribution in [0.25, 0.3) is 0 Å². The second-order valence-corrected chi connectivity index (χ2v) is 6.31. The second-order valence-electron chi connectivity index (χ2n) is 5.36. The topological polar surface area (TPSA) is 57.6 Å². The summed E-state index contributed by atoms with van der Waals surface area (Å²) in [6, 6.07) is 13.6. The molecule has 122 valence electrons. The van der Waals surface area contributed by atoms with Gasteiger partial charge in [0.15, 0.2) is 5.78 Å². The highest BCUT2D eigenvalue weighted by molar-refractivity contribution is 7.12. The largest absolute Gasteiger partial charge is 0.465 e. The number of ketones is 1. The van der Waals surface area contributed by atoms with Crippen molar-refractivity contribution >= 4 is 23.2 Å². The van der Waals surface area contributed by atoms with Crippen molar-refractivity contribution in [3.8, 4) is 0 Å². The van der Waals surface area contributed by atoms with E-state index < -0.39 is 6.09 Å². The van der Waals surface area contributed by atoms with E-state index in [0.29, 0.717) is 38.8 Å². The van der Waals surface area contributed by atoms with Crippen molar-refractivity contribution in [1.29, 1.82) is 0 Å². The summed E-state index contributed by atoms with van der Waals surface area (Å²) < 4.78 is 0. The first-order valence-corrected chi connectivity index (χ1v) is 8.63. The standard InChI is InChI=1S/C18H21NO3S/c20-16(17-10-6-14-23-17)9-4-5-12-19(18(21)22)13-11-15-7-2-1-3-8-15/h1-3,6-8,10,14H,4-5,9,11-13H2,(H,21,22). The minimum atomic E-state index is -0.898. The van der Waals surface area contributed by atoms with Crippen molar-refractivity contribution in [1.82, 2.24) is 4.90 Å². The number of thiophene rings is 1. The third-order valence-corrected chi connectivity index (χ3v) is 4.57. The number of hydrogen-bond acceptors (Lipinski definition) is 3. The van der Waals surface area contributed by atoms with Crippen LogP contribution >= 0.6 is 11.3 Å². The van der Waals surface area contributed by atoms with E-state index in [1.807, 2.05) is 47.8 Å². The average Bonchev–Trinajstić information content (AvgIpc) is 3.09. The highest BCUT2D eigenvalue weighted by Crippen LogP contribution is 2.13. The lowest BCUT2D eigenvalue weighted by Crippen LogP contribution is -2.32. The number of hydrogen-bond donors (Lipinski definition) is 1. The summed E-state index contributed by atoms with van der Waals surface area (Å²) in [5.41, 5.74) is 1.13. The predicted octanol–water partition coefficient (Wildman–Crippen LogP) is 4.32. The molecule has 0 aliphatic heterocycles. The van der Waals surface area contributed by atoms with Gasteiger partial charge in [-0.05, 0) is 36.3 Å². The highest BCUT2D eigenvalue weighted by Gasteiger charge is 2.12. The summed E-state index contributed by atoms with van der Waals surface area (Å²) in [5.74, 6) is 0.145. The molecule has 0 atom stereocenters. The highest BCUT2D eigenvalue weighted by atomic mass is 32.1. The molecule has 4 nitrogen and oxygen atoms in total. The Hall–Kier alpha value is -2.14. The molecule has 0 bridgehead atoms. The fraction of sp³-hybridized carbons (Fsp3) is 0.333.